The molecule has 1 aromatic heterocycles. The number of benzene rings is 2. The number of esters is 1. The second-order valence-electron chi connectivity index (χ2n) is 7.69. The van der Waals surface area contributed by atoms with Crippen LogP contribution in [-0.4, -0.2) is 43.1 Å². The SMILES string of the molecule is COCCOC(=O)C1=C(C)N=c2sc(=Cc3ccc(O)c(OC)c3)c(=O)n2C1c1ccc(Cl)cc1. The molecule has 0 fully saturated rings. The zero-order chi connectivity index (χ0) is 25.1. The van der Waals surface area contributed by atoms with Crippen molar-refractivity contribution in [3.8, 4) is 11.5 Å². The van der Waals surface area contributed by atoms with Crippen LogP contribution in [0.15, 0.2) is 63.5 Å². The molecule has 1 aliphatic rings. The molecule has 10 heteroatoms. The third-order valence-electron chi connectivity index (χ3n) is 5.45. The lowest BCUT2D eigenvalue weighted by Crippen LogP contribution is -2.40. The molecule has 8 nitrogen and oxygen atoms in total. The molecule has 0 saturated carbocycles. The van der Waals surface area contributed by atoms with Gasteiger partial charge in [-0.15, -0.1) is 0 Å². The molecule has 1 N–H and O–H groups in total. The topological polar surface area (TPSA) is 99.4 Å². The number of fused-ring (bicyclic) bond motifs is 1. The number of phenols is 1. The van der Waals surface area contributed by atoms with E-state index in [1.54, 1.807) is 49.4 Å². The number of carbonyl (C=O) groups excluding carboxylic acids is 1. The van der Waals surface area contributed by atoms with Crippen LogP contribution in [-0.2, 0) is 14.3 Å². The second-order valence-corrected chi connectivity index (χ2v) is 9.14. The fraction of sp³-hybridized carbons (Fsp3) is 0.240. The van der Waals surface area contributed by atoms with Crippen LogP contribution in [0.5, 0.6) is 11.5 Å². The number of hydrogen-bond donors (Lipinski definition) is 1. The van der Waals surface area contributed by atoms with Crippen LogP contribution in [0.4, 0.5) is 0 Å². The number of ether oxygens (including phenoxy) is 3. The molecule has 0 aliphatic carbocycles. The van der Waals surface area contributed by atoms with Gasteiger partial charge in [0, 0.05) is 12.1 Å². The van der Waals surface area contributed by atoms with Crippen LogP contribution < -0.4 is 19.6 Å². The van der Waals surface area contributed by atoms with E-state index in [9.17, 15) is 14.7 Å². The minimum Gasteiger partial charge on any atom is -0.504 e. The number of aromatic nitrogens is 1. The fourth-order valence-corrected chi connectivity index (χ4v) is 4.95. The summed E-state index contributed by atoms with van der Waals surface area (Å²) in [7, 11) is 2.97. The van der Waals surface area contributed by atoms with Gasteiger partial charge in [-0.3, -0.25) is 9.36 Å². The van der Waals surface area contributed by atoms with Gasteiger partial charge in [-0.1, -0.05) is 41.1 Å². The highest BCUT2D eigenvalue weighted by Crippen LogP contribution is 2.31. The molecule has 2 aromatic carbocycles. The van der Waals surface area contributed by atoms with Crippen molar-refractivity contribution in [1.82, 2.24) is 4.57 Å². The van der Waals surface area contributed by atoms with Crippen molar-refractivity contribution < 1.29 is 24.1 Å². The predicted octanol–water partition coefficient (Wildman–Crippen LogP) is 2.79. The third-order valence-corrected chi connectivity index (χ3v) is 6.68. The van der Waals surface area contributed by atoms with Crippen LogP contribution >= 0.6 is 22.9 Å². The first kappa shape index (κ1) is 24.7. The highest BCUT2D eigenvalue weighted by molar-refractivity contribution is 7.07. The molecule has 0 amide bonds. The molecule has 0 saturated heterocycles. The van der Waals surface area contributed by atoms with Crippen molar-refractivity contribution in [2.45, 2.75) is 13.0 Å². The van der Waals surface area contributed by atoms with E-state index >= 15 is 0 Å². The maximum absolute atomic E-state index is 13.6. The lowest BCUT2D eigenvalue weighted by Gasteiger charge is -2.24. The van der Waals surface area contributed by atoms with Gasteiger partial charge >= 0.3 is 5.97 Å². The summed E-state index contributed by atoms with van der Waals surface area (Å²) >= 11 is 7.30. The molecule has 35 heavy (non-hydrogen) atoms. The van der Waals surface area contributed by atoms with Gasteiger partial charge in [-0.2, -0.15) is 0 Å². The lowest BCUT2D eigenvalue weighted by molar-refractivity contribution is -0.140. The zero-order valence-corrected chi connectivity index (χ0v) is 20.9. The number of carbonyl (C=O) groups is 1. The molecule has 0 spiro atoms. The Morgan fingerprint density at radius 1 is 1.20 bits per heavy atom. The van der Waals surface area contributed by atoms with Crippen molar-refractivity contribution in [3.63, 3.8) is 0 Å². The number of aromatic hydroxyl groups is 1. The highest BCUT2D eigenvalue weighted by Gasteiger charge is 2.33. The number of halogens is 1. The number of thiazole rings is 1. The average molecular weight is 515 g/mol. The molecule has 182 valence electrons. The Bertz CT molecular complexity index is 1470. The van der Waals surface area contributed by atoms with Crippen molar-refractivity contribution >= 4 is 35.0 Å². The summed E-state index contributed by atoms with van der Waals surface area (Å²) in [6, 6.07) is 11.0. The summed E-state index contributed by atoms with van der Waals surface area (Å²) in [5, 5.41) is 10.4. The predicted molar refractivity (Wildman–Crippen MR) is 133 cm³/mol. The van der Waals surface area contributed by atoms with Gasteiger partial charge in [-0.05, 0) is 48.4 Å². The molecule has 1 unspecified atom stereocenters. The Labute approximate surface area is 210 Å². The Kier molecular flexibility index (Phi) is 7.39. The fourth-order valence-electron chi connectivity index (χ4n) is 3.77. The summed E-state index contributed by atoms with van der Waals surface area (Å²) in [6.07, 6.45) is 1.70. The van der Waals surface area contributed by atoms with Crippen LogP contribution in [0, 0.1) is 0 Å². The summed E-state index contributed by atoms with van der Waals surface area (Å²) in [4.78, 5) is 31.7. The van der Waals surface area contributed by atoms with Gasteiger partial charge in [0.05, 0.1) is 35.6 Å². The molecule has 3 aromatic rings. The van der Waals surface area contributed by atoms with Crippen molar-refractivity contribution in [2.75, 3.05) is 27.4 Å². The number of allylic oxidation sites excluding steroid dienone is 1. The maximum atomic E-state index is 13.6. The number of rotatable bonds is 7. The minimum absolute atomic E-state index is 0.00102. The number of methoxy groups -OCH3 is 2. The van der Waals surface area contributed by atoms with Crippen LogP contribution in [0.3, 0.4) is 0 Å². The van der Waals surface area contributed by atoms with Gasteiger partial charge in [-0.25, -0.2) is 9.79 Å². The smallest absolute Gasteiger partial charge is 0.338 e. The van der Waals surface area contributed by atoms with E-state index in [0.29, 0.717) is 36.9 Å². The Morgan fingerprint density at radius 3 is 2.63 bits per heavy atom. The van der Waals surface area contributed by atoms with Crippen molar-refractivity contribution in [1.29, 1.82) is 0 Å². The molecule has 0 bridgehead atoms. The van der Waals surface area contributed by atoms with Gasteiger partial charge in [0.25, 0.3) is 5.56 Å². The van der Waals surface area contributed by atoms with E-state index < -0.39 is 12.0 Å². The Balaban J connectivity index is 1.88. The zero-order valence-electron chi connectivity index (χ0n) is 19.3. The summed E-state index contributed by atoms with van der Waals surface area (Å²) < 4.78 is 17.5. The van der Waals surface area contributed by atoms with E-state index in [1.807, 2.05) is 0 Å². The van der Waals surface area contributed by atoms with Crippen molar-refractivity contribution in [3.05, 3.63) is 89.6 Å². The summed E-state index contributed by atoms with van der Waals surface area (Å²) in [5.41, 5.74) is 1.79. The number of hydrogen-bond acceptors (Lipinski definition) is 8. The lowest BCUT2D eigenvalue weighted by atomic mass is 9.96. The van der Waals surface area contributed by atoms with Crippen LogP contribution in [0.25, 0.3) is 6.08 Å². The standard InChI is InChI=1S/C25H23ClN2O6S/c1-14-21(24(31)34-11-10-32-2)22(16-5-7-17(26)8-6-16)28-23(30)20(35-25(28)27-14)13-15-4-9-18(29)19(12-15)33-3/h4-9,12-13,22,29H,10-11H2,1-3H3. The first-order chi connectivity index (χ1) is 16.8. The summed E-state index contributed by atoms with van der Waals surface area (Å²) in [5.74, 6) is -0.274. The van der Waals surface area contributed by atoms with Crippen LogP contribution in [0.2, 0.25) is 5.02 Å². The normalized spacial score (nSPS) is 15.5. The largest absolute Gasteiger partial charge is 0.504 e. The third kappa shape index (κ3) is 5.02. The van der Waals surface area contributed by atoms with E-state index in [1.165, 1.54) is 36.2 Å². The van der Waals surface area contributed by atoms with E-state index in [4.69, 9.17) is 25.8 Å². The summed E-state index contributed by atoms with van der Waals surface area (Å²) in [6.45, 7) is 2.05. The molecule has 2 heterocycles. The Morgan fingerprint density at radius 2 is 1.94 bits per heavy atom. The van der Waals surface area contributed by atoms with E-state index in [0.717, 1.165) is 0 Å². The quantitative estimate of drug-likeness (QED) is 0.384. The molecular formula is C25H23ClN2O6S. The molecule has 1 atom stereocenters. The molecule has 1 aliphatic heterocycles. The van der Waals surface area contributed by atoms with Gasteiger partial charge in [0.1, 0.15) is 6.61 Å². The van der Waals surface area contributed by atoms with Gasteiger partial charge in [0.2, 0.25) is 0 Å². The first-order valence-corrected chi connectivity index (χ1v) is 11.8. The van der Waals surface area contributed by atoms with Gasteiger partial charge < -0.3 is 19.3 Å². The molecule has 0 radical (unpaired) electrons. The minimum atomic E-state index is -0.741. The maximum Gasteiger partial charge on any atom is 0.338 e. The first-order valence-electron chi connectivity index (χ1n) is 10.6. The molecular weight excluding hydrogens is 492 g/mol. The van der Waals surface area contributed by atoms with Crippen molar-refractivity contribution in [2.24, 2.45) is 4.99 Å². The van der Waals surface area contributed by atoms with E-state index in [2.05, 4.69) is 4.99 Å². The average Bonchev–Trinajstić information content (AvgIpc) is 3.14. The molecule has 4 rings (SSSR count). The highest BCUT2D eigenvalue weighted by atomic mass is 35.5. The van der Waals surface area contributed by atoms with Gasteiger partial charge in [0.15, 0.2) is 16.3 Å². The Hall–Kier alpha value is -3.40. The monoisotopic (exact) mass is 514 g/mol. The van der Waals surface area contributed by atoms with Crippen LogP contribution in [0.1, 0.15) is 24.1 Å². The van der Waals surface area contributed by atoms with E-state index in [-0.39, 0.29) is 30.1 Å². The number of nitrogens with zero attached hydrogens (tertiary/aromatic N) is 2. The second kappa shape index (κ2) is 10.5. The number of phenolic OH excluding ortho intramolecular Hbond substituents is 1.